The molecule has 1 aliphatic carbocycles. The molecule has 0 radical (unpaired) electrons. The molecule has 0 unspecified atom stereocenters. The number of rotatable bonds is 1. The molecule has 3 atom stereocenters. The molecule has 2 bridgehead atoms. The van der Waals surface area contributed by atoms with Gasteiger partial charge in [0, 0.05) is 12.8 Å². The predicted molar refractivity (Wildman–Crippen MR) is 101 cm³/mol. The van der Waals surface area contributed by atoms with Crippen LogP contribution in [-0.2, 0) is 18.9 Å². The Kier molecular flexibility index (Phi) is 4.46. The van der Waals surface area contributed by atoms with E-state index in [2.05, 4.69) is 36.5 Å². The van der Waals surface area contributed by atoms with Crippen molar-refractivity contribution in [1.82, 2.24) is 0 Å². The Morgan fingerprint density at radius 2 is 1.84 bits per heavy atom. The third-order valence-electron chi connectivity index (χ3n) is 6.33. The van der Waals surface area contributed by atoms with Crippen LogP contribution in [0.3, 0.4) is 0 Å². The maximum atomic E-state index is 6.58. The lowest BCUT2D eigenvalue weighted by Crippen LogP contribution is -2.48. The summed E-state index contributed by atoms with van der Waals surface area (Å²) in [5.41, 5.74) is 1.23. The van der Waals surface area contributed by atoms with Crippen LogP contribution in [-0.4, -0.2) is 52.6 Å². The lowest BCUT2D eigenvalue weighted by Gasteiger charge is -2.44. The van der Waals surface area contributed by atoms with Crippen LogP contribution in [0, 0.1) is 0 Å². The summed E-state index contributed by atoms with van der Waals surface area (Å²) >= 11 is 4.13. The Balaban J connectivity index is 1.33. The van der Waals surface area contributed by atoms with E-state index < -0.39 is 0 Å². The van der Waals surface area contributed by atoms with Gasteiger partial charge in [-0.05, 0) is 56.1 Å². The molecule has 4 nitrogen and oxygen atoms in total. The normalized spacial score (nSPS) is 42.5. The Morgan fingerprint density at radius 1 is 1.04 bits per heavy atom. The second kappa shape index (κ2) is 6.42. The van der Waals surface area contributed by atoms with Crippen LogP contribution in [0.1, 0.15) is 51.9 Å². The Labute approximate surface area is 158 Å². The van der Waals surface area contributed by atoms with E-state index in [1.807, 2.05) is 0 Å². The zero-order chi connectivity index (χ0) is 17.0. The van der Waals surface area contributed by atoms with Crippen LogP contribution in [0.2, 0.25) is 0 Å². The molecular weight excluding hydrogens is 356 g/mol. The highest BCUT2D eigenvalue weighted by Crippen LogP contribution is 2.59. The summed E-state index contributed by atoms with van der Waals surface area (Å²) in [6, 6.07) is 0. The molecule has 5 aliphatic rings. The number of fused-ring (bicyclic) bond motifs is 3. The van der Waals surface area contributed by atoms with Gasteiger partial charge in [-0.3, -0.25) is 0 Å². The molecule has 0 saturated carbocycles. The van der Waals surface area contributed by atoms with E-state index in [4.69, 9.17) is 18.9 Å². The van der Waals surface area contributed by atoms with Crippen LogP contribution >= 0.6 is 23.5 Å². The first-order valence-electron chi connectivity index (χ1n) is 9.71. The van der Waals surface area contributed by atoms with Crippen LogP contribution in [0.15, 0.2) is 11.6 Å². The summed E-state index contributed by atoms with van der Waals surface area (Å²) in [6.07, 6.45) is 9.73. The molecule has 6 heteroatoms. The minimum Gasteiger partial charge on any atom is -0.349 e. The molecule has 5 rings (SSSR count). The molecule has 0 amide bonds. The number of hydrogen-bond acceptors (Lipinski definition) is 6. The van der Waals surface area contributed by atoms with E-state index in [0.717, 1.165) is 45.3 Å². The standard InChI is InChI=1S/C19H28O4S2/c1-17-8-9-19(24-12-3-13-25-19)16(23-17)22-15(17)14-4-6-18(7-5-14)20-10-2-11-21-18/h4,15-16H,2-3,5-13H2,1H3/t15-,16+,17-/m1/s1. The summed E-state index contributed by atoms with van der Waals surface area (Å²) in [5, 5.41) is 0. The van der Waals surface area contributed by atoms with Crippen molar-refractivity contribution >= 4 is 23.5 Å². The Morgan fingerprint density at radius 3 is 2.56 bits per heavy atom. The smallest absolute Gasteiger partial charge is 0.182 e. The first kappa shape index (κ1) is 17.4. The average molecular weight is 385 g/mol. The summed E-state index contributed by atoms with van der Waals surface area (Å²) < 4.78 is 25.2. The fourth-order valence-corrected chi connectivity index (χ4v) is 8.08. The SMILES string of the molecule is C[C@@]12CCC3(SCCCS3)[C@@H](O[C@@H]1C1=CCC3(CC1)OCCCO3)O2. The van der Waals surface area contributed by atoms with Gasteiger partial charge in [0.15, 0.2) is 12.1 Å². The molecule has 0 aromatic rings. The highest BCUT2D eigenvalue weighted by atomic mass is 32.2. The fourth-order valence-electron chi connectivity index (χ4n) is 4.82. The van der Waals surface area contributed by atoms with Crippen molar-refractivity contribution in [3.8, 4) is 0 Å². The third-order valence-corrected chi connectivity index (χ3v) is 9.79. The van der Waals surface area contributed by atoms with Crippen molar-refractivity contribution in [2.24, 2.45) is 0 Å². The lowest BCUT2D eigenvalue weighted by atomic mass is 9.82. The largest absolute Gasteiger partial charge is 0.349 e. The third kappa shape index (κ3) is 2.92. The van der Waals surface area contributed by atoms with Gasteiger partial charge in [-0.1, -0.05) is 6.08 Å². The molecule has 4 saturated heterocycles. The van der Waals surface area contributed by atoms with E-state index in [1.54, 1.807) is 0 Å². The molecule has 140 valence electrons. The van der Waals surface area contributed by atoms with Crippen molar-refractivity contribution in [2.75, 3.05) is 24.7 Å². The maximum absolute atomic E-state index is 6.58. The van der Waals surface area contributed by atoms with Gasteiger partial charge in [0.25, 0.3) is 0 Å². The zero-order valence-corrected chi connectivity index (χ0v) is 16.6. The zero-order valence-electron chi connectivity index (χ0n) is 15.0. The summed E-state index contributed by atoms with van der Waals surface area (Å²) in [7, 11) is 0. The van der Waals surface area contributed by atoms with Crippen LogP contribution in [0.4, 0.5) is 0 Å². The maximum Gasteiger partial charge on any atom is 0.182 e. The van der Waals surface area contributed by atoms with Gasteiger partial charge in [-0.15, -0.1) is 23.5 Å². The van der Waals surface area contributed by atoms with Crippen molar-refractivity contribution in [3.63, 3.8) is 0 Å². The molecule has 0 N–H and O–H groups in total. The van der Waals surface area contributed by atoms with Crippen molar-refractivity contribution in [3.05, 3.63) is 11.6 Å². The first-order valence-corrected chi connectivity index (χ1v) is 11.7. The Hall–Kier alpha value is 0.280. The predicted octanol–water partition coefficient (Wildman–Crippen LogP) is 4.09. The van der Waals surface area contributed by atoms with Crippen LogP contribution < -0.4 is 0 Å². The van der Waals surface area contributed by atoms with Gasteiger partial charge in [-0.25, -0.2) is 0 Å². The number of ether oxygens (including phenoxy) is 4. The van der Waals surface area contributed by atoms with Gasteiger partial charge >= 0.3 is 0 Å². The molecule has 2 spiro atoms. The van der Waals surface area contributed by atoms with E-state index in [-0.39, 0.29) is 27.9 Å². The van der Waals surface area contributed by atoms with E-state index in [9.17, 15) is 0 Å². The lowest BCUT2D eigenvalue weighted by molar-refractivity contribution is -0.270. The van der Waals surface area contributed by atoms with Crippen molar-refractivity contribution < 1.29 is 18.9 Å². The van der Waals surface area contributed by atoms with Gasteiger partial charge in [0.05, 0.1) is 18.8 Å². The average Bonchev–Trinajstić information content (AvgIpc) is 2.96. The van der Waals surface area contributed by atoms with Crippen LogP contribution in [0.25, 0.3) is 0 Å². The van der Waals surface area contributed by atoms with E-state index in [0.29, 0.717) is 0 Å². The van der Waals surface area contributed by atoms with E-state index in [1.165, 1.54) is 29.9 Å². The molecule has 0 aromatic carbocycles. The second-order valence-electron chi connectivity index (χ2n) is 8.09. The molecule has 4 heterocycles. The molecule has 0 aromatic heterocycles. The number of hydrogen-bond donors (Lipinski definition) is 0. The monoisotopic (exact) mass is 384 g/mol. The van der Waals surface area contributed by atoms with E-state index >= 15 is 0 Å². The molecule has 4 aliphatic heterocycles. The van der Waals surface area contributed by atoms with Gasteiger partial charge in [0.1, 0.15) is 10.2 Å². The van der Waals surface area contributed by atoms with Crippen molar-refractivity contribution in [2.45, 2.75) is 79.7 Å². The summed E-state index contributed by atoms with van der Waals surface area (Å²) in [4.78, 5) is 0. The fraction of sp³-hybridized carbons (Fsp3) is 0.895. The second-order valence-corrected chi connectivity index (χ2v) is 11.2. The minimum atomic E-state index is -0.368. The summed E-state index contributed by atoms with van der Waals surface area (Å²) in [5.74, 6) is 2.10. The molecule has 25 heavy (non-hydrogen) atoms. The summed E-state index contributed by atoms with van der Waals surface area (Å²) in [6.45, 7) is 3.90. The topological polar surface area (TPSA) is 36.9 Å². The molecular formula is C19H28O4S2. The number of thioether (sulfide) groups is 2. The van der Waals surface area contributed by atoms with Crippen molar-refractivity contribution in [1.29, 1.82) is 0 Å². The van der Waals surface area contributed by atoms with Crippen LogP contribution in [0.5, 0.6) is 0 Å². The first-order chi connectivity index (χ1) is 12.1. The molecule has 4 fully saturated rings. The Bertz CT molecular complexity index is 554. The minimum absolute atomic E-state index is 0.0643. The van der Waals surface area contributed by atoms with Gasteiger partial charge in [-0.2, -0.15) is 0 Å². The highest BCUT2D eigenvalue weighted by molar-refractivity contribution is 8.18. The highest BCUT2D eigenvalue weighted by Gasteiger charge is 2.60. The quantitative estimate of drug-likeness (QED) is 0.634. The van der Waals surface area contributed by atoms with Gasteiger partial charge < -0.3 is 18.9 Å². The van der Waals surface area contributed by atoms with Gasteiger partial charge in [0.2, 0.25) is 0 Å².